The lowest BCUT2D eigenvalue weighted by atomic mass is 9.75. The summed E-state index contributed by atoms with van der Waals surface area (Å²) in [7, 11) is 0. The molecule has 0 N–H and O–H groups in total. The Morgan fingerprint density at radius 3 is 1.73 bits per heavy atom. The number of furan rings is 1. The van der Waals surface area contributed by atoms with Crippen molar-refractivity contribution in [1.82, 2.24) is 0 Å². The zero-order chi connectivity index (χ0) is 27.3. The fraction of sp³-hybridized carbons (Fsp3) is 0.0769. The molecular formula is C39H26O2. The van der Waals surface area contributed by atoms with E-state index in [1.165, 1.54) is 43.4 Å². The summed E-state index contributed by atoms with van der Waals surface area (Å²) in [4.78, 5) is 0. The lowest BCUT2D eigenvalue weighted by Gasteiger charge is -2.34. The van der Waals surface area contributed by atoms with Crippen molar-refractivity contribution in [2.45, 2.75) is 19.3 Å². The van der Waals surface area contributed by atoms with Crippen LogP contribution >= 0.6 is 0 Å². The van der Waals surface area contributed by atoms with Crippen LogP contribution < -0.4 is 4.74 Å². The molecule has 0 amide bonds. The van der Waals surface area contributed by atoms with Crippen molar-refractivity contribution >= 4 is 54.3 Å². The van der Waals surface area contributed by atoms with Crippen molar-refractivity contribution < 1.29 is 9.15 Å². The highest BCUT2D eigenvalue weighted by Gasteiger charge is 2.36. The van der Waals surface area contributed by atoms with Crippen LogP contribution in [0.15, 0.2) is 126 Å². The maximum Gasteiger partial charge on any atom is 0.178 e. The molecule has 0 unspecified atom stereocenters. The van der Waals surface area contributed by atoms with Crippen molar-refractivity contribution in [1.29, 1.82) is 0 Å². The predicted octanol–water partition coefficient (Wildman–Crippen LogP) is 11.1. The minimum absolute atomic E-state index is 0.229. The lowest BCUT2D eigenvalue weighted by molar-refractivity contribution is 0.415. The number of para-hydroxylation sites is 1. The van der Waals surface area contributed by atoms with Gasteiger partial charge >= 0.3 is 0 Å². The summed E-state index contributed by atoms with van der Waals surface area (Å²) in [6, 6.07) is 43.5. The number of ether oxygens (including phenoxy) is 1. The zero-order valence-electron chi connectivity index (χ0n) is 22.9. The average molecular weight is 527 g/mol. The quantitative estimate of drug-likeness (QED) is 0.199. The van der Waals surface area contributed by atoms with Crippen LogP contribution in [0.25, 0.3) is 65.4 Å². The van der Waals surface area contributed by atoms with Crippen LogP contribution in [0.1, 0.15) is 25.0 Å². The molecule has 0 bridgehead atoms. The van der Waals surface area contributed by atoms with E-state index in [2.05, 4.69) is 123 Å². The van der Waals surface area contributed by atoms with Gasteiger partial charge in [0.25, 0.3) is 0 Å². The molecular weight excluding hydrogens is 500 g/mol. The van der Waals surface area contributed by atoms with E-state index in [0.717, 1.165) is 44.6 Å². The van der Waals surface area contributed by atoms with Gasteiger partial charge in [-0.1, -0.05) is 111 Å². The highest BCUT2D eigenvalue weighted by molar-refractivity contribution is 6.25. The number of hydrogen-bond acceptors (Lipinski definition) is 2. The first-order chi connectivity index (χ1) is 20.1. The first kappa shape index (κ1) is 22.7. The fourth-order valence-corrected chi connectivity index (χ4v) is 7.00. The van der Waals surface area contributed by atoms with Crippen molar-refractivity contribution in [2.75, 3.05) is 0 Å². The van der Waals surface area contributed by atoms with E-state index in [1.54, 1.807) is 0 Å². The van der Waals surface area contributed by atoms with Crippen LogP contribution in [-0.4, -0.2) is 0 Å². The van der Waals surface area contributed by atoms with E-state index in [0.29, 0.717) is 0 Å². The summed E-state index contributed by atoms with van der Waals surface area (Å²) in [5, 5.41) is 9.89. The highest BCUT2D eigenvalue weighted by atomic mass is 16.5. The molecule has 0 radical (unpaired) electrons. The Morgan fingerprint density at radius 1 is 0.463 bits per heavy atom. The van der Waals surface area contributed by atoms with E-state index in [1.807, 2.05) is 12.1 Å². The number of hydrogen-bond donors (Lipinski definition) is 0. The van der Waals surface area contributed by atoms with Crippen LogP contribution in [0.5, 0.6) is 11.5 Å². The molecule has 1 aliphatic rings. The monoisotopic (exact) mass is 526 g/mol. The summed E-state index contributed by atoms with van der Waals surface area (Å²) in [6.07, 6.45) is 0. The Kier molecular flexibility index (Phi) is 4.42. The Bertz CT molecular complexity index is 2340. The second-order valence-corrected chi connectivity index (χ2v) is 11.7. The van der Waals surface area contributed by atoms with Gasteiger partial charge in [-0.25, -0.2) is 0 Å². The maximum absolute atomic E-state index is 6.74. The standard InChI is InChI=1S/C39H26O2/c1-39(2)33-19-16-24(22-36(33)41-38-34(39)20-18-31-30-13-7-8-14-35(30)40-37(31)38)23-15-17-29-27-11-4-3-9-25(27)26-10-5-6-12-28(26)32(29)21-23/h3-22H,1-2H3. The second kappa shape index (κ2) is 7.99. The molecule has 2 heteroatoms. The normalized spacial score (nSPS) is 14.0. The van der Waals surface area contributed by atoms with E-state index in [-0.39, 0.29) is 5.41 Å². The molecule has 2 heterocycles. The van der Waals surface area contributed by atoms with Gasteiger partial charge in [0.2, 0.25) is 0 Å². The smallest absolute Gasteiger partial charge is 0.178 e. The first-order valence-corrected chi connectivity index (χ1v) is 14.2. The SMILES string of the molecule is CC1(C)c2ccc(-c3ccc4c5ccccc5c5ccccc5c4c3)cc2Oc2c1ccc1c2oc2ccccc21. The first-order valence-electron chi connectivity index (χ1n) is 14.2. The molecule has 9 rings (SSSR count). The second-order valence-electron chi connectivity index (χ2n) is 11.7. The molecule has 0 fully saturated rings. The topological polar surface area (TPSA) is 22.4 Å². The minimum Gasteiger partial charge on any atom is -0.453 e. The van der Waals surface area contributed by atoms with Gasteiger partial charge in [0.15, 0.2) is 11.3 Å². The van der Waals surface area contributed by atoms with Gasteiger partial charge in [0.1, 0.15) is 11.3 Å². The van der Waals surface area contributed by atoms with E-state index >= 15 is 0 Å². The van der Waals surface area contributed by atoms with Crippen molar-refractivity contribution in [3.63, 3.8) is 0 Å². The van der Waals surface area contributed by atoms with Crippen LogP contribution in [0.3, 0.4) is 0 Å². The molecule has 0 spiro atoms. The Morgan fingerprint density at radius 2 is 1.00 bits per heavy atom. The summed E-state index contributed by atoms with van der Waals surface area (Å²) in [6.45, 7) is 4.54. The largest absolute Gasteiger partial charge is 0.453 e. The van der Waals surface area contributed by atoms with Crippen LogP contribution in [0.4, 0.5) is 0 Å². The van der Waals surface area contributed by atoms with Gasteiger partial charge in [-0.3, -0.25) is 0 Å². The van der Waals surface area contributed by atoms with Gasteiger partial charge in [-0.15, -0.1) is 0 Å². The lowest BCUT2D eigenvalue weighted by Crippen LogP contribution is -2.24. The summed E-state index contributed by atoms with van der Waals surface area (Å²) < 4.78 is 13.1. The maximum atomic E-state index is 6.74. The van der Waals surface area contributed by atoms with Crippen LogP contribution in [0, 0.1) is 0 Å². The average Bonchev–Trinajstić information content (AvgIpc) is 3.40. The highest BCUT2D eigenvalue weighted by Crippen LogP contribution is 2.52. The van der Waals surface area contributed by atoms with Crippen molar-refractivity contribution in [2.24, 2.45) is 0 Å². The van der Waals surface area contributed by atoms with Crippen LogP contribution in [0.2, 0.25) is 0 Å². The molecule has 8 aromatic rings. The molecule has 1 aromatic heterocycles. The van der Waals surface area contributed by atoms with E-state index in [4.69, 9.17) is 9.15 Å². The number of rotatable bonds is 1. The fourth-order valence-electron chi connectivity index (χ4n) is 7.00. The van der Waals surface area contributed by atoms with Gasteiger partial charge < -0.3 is 9.15 Å². The molecule has 41 heavy (non-hydrogen) atoms. The third-order valence-electron chi connectivity index (χ3n) is 9.12. The number of benzene rings is 7. The van der Waals surface area contributed by atoms with E-state index in [9.17, 15) is 0 Å². The zero-order valence-corrected chi connectivity index (χ0v) is 22.9. The van der Waals surface area contributed by atoms with Crippen molar-refractivity contribution in [3.8, 4) is 22.6 Å². The molecule has 0 atom stereocenters. The predicted molar refractivity (Wildman–Crippen MR) is 170 cm³/mol. The Balaban J connectivity index is 1.24. The minimum atomic E-state index is -0.229. The molecule has 0 saturated heterocycles. The molecule has 1 aliphatic heterocycles. The number of fused-ring (bicyclic) bond motifs is 12. The summed E-state index contributed by atoms with van der Waals surface area (Å²) >= 11 is 0. The third kappa shape index (κ3) is 3.08. The summed E-state index contributed by atoms with van der Waals surface area (Å²) in [5.74, 6) is 1.71. The third-order valence-corrected chi connectivity index (χ3v) is 9.12. The Labute approximate surface area is 237 Å². The van der Waals surface area contributed by atoms with Gasteiger partial charge in [0, 0.05) is 27.3 Å². The summed E-state index contributed by atoms with van der Waals surface area (Å²) in [5.41, 5.74) is 6.11. The molecule has 194 valence electrons. The van der Waals surface area contributed by atoms with Crippen LogP contribution in [-0.2, 0) is 5.41 Å². The molecule has 0 aliphatic carbocycles. The van der Waals surface area contributed by atoms with Gasteiger partial charge in [-0.05, 0) is 67.7 Å². The molecule has 0 saturated carbocycles. The Hall–Kier alpha value is -5.08. The molecule has 7 aromatic carbocycles. The van der Waals surface area contributed by atoms with Crippen molar-refractivity contribution in [3.05, 3.63) is 132 Å². The van der Waals surface area contributed by atoms with Gasteiger partial charge in [0.05, 0.1) is 0 Å². The molecule has 2 nitrogen and oxygen atoms in total. The van der Waals surface area contributed by atoms with E-state index < -0.39 is 0 Å². The van der Waals surface area contributed by atoms with Gasteiger partial charge in [-0.2, -0.15) is 0 Å².